The van der Waals surface area contributed by atoms with Crippen LogP contribution < -0.4 is 10.6 Å². The minimum atomic E-state index is -1.54. The van der Waals surface area contributed by atoms with E-state index in [0.29, 0.717) is 5.69 Å². The molecule has 6 heteroatoms. The fourth-order valence-electron chi connectivity index (χ4n) is 1.57. The van der Waals surface area contributed by atoms with Crippen LogP contribution in [0.4, 0.5) is 24.5 Å². The summed E-state index contributed by atoms with van der Waals surface area (Å²) in [7, 11) is 0. The van der Waals surface area contributed by atoms with Gasteiger partial charge in [-0.3, -0.25) is 4.79 Å². The van der Waals surface area contributed by atoms with Crippen LogP contribution in [0.1, 0.15) is 0 Å². The number of carbonyl (C=O) groups excluding carboxylic acids is 1. The van der Waals surface area contributed by atoms with E-state index >= 15 is 0 Å². The number of anilines is 2. The Kier molecular flexibility index (Phi) is 4.24. The van der Waals surface area contributed by atoms with Crippen LogP contribution in [0.5, 0.6) is 0 Å². The van der Waals surface area contributed by atoms with Crippen molar-refractivity contribution in [3.63, 3.8) is 0 Å². The third-order valence-corrected chi connectivity index (χ3v) is 2.49. The molecule has 2 aromatic rings. The molecule has 0 aliphatic carbocycles. The van der Waals surface area contributed by atoms with E-state index in [1.165, 1.54) is 0 Å². The molecule has 3 nitrogen and oxygen atoms in total. The maximum atomic E-state index is 13.0. The molecule has 2 aromatic carbocycles. The Morgan fingerprint density at radius 3 is 2.15 bits per heavy atom. The lowest BCUT2D eigenvalue weighted by molar-refractivity contribution is -0.114. The predicted octanol–water partition coefficient (Wildman–Crippen LogP) is 3.15. The van der Waals surface area contributed by atoms with Gasteiger partial charge < -0.3 is 10.6 Å². The number of rotatable bonds is 4. The zero-order valence-corrected chi connectivity index (χ0v) is 10.3. The van der Waals surface area contributed by atoms with Gasteiger partial charge >= 0.3 is 0 Å². The summed E-state index contributed by atoms with van der Waals surface area (Å²) in [5, 5.41) is 5.10. The highest BCUT2D eigenvalue weighted by molar-refractivity contribution is 5.93. The second-order valence-corrected chi connectivity index (χ2v) is 4.02. The molecule has 0 saturated carbocycles. The molecule has 0 heterocycles. The highest BCUT2D eigenvalue weighted by atomic mass is 19.2. The number of nitrogens with one attached hydrogen (secondary N) is 2. The molecule has 2 N–H and O–H groups in total. The number of halogens is 3. The van der Waals surface area contributed by atoms with E-state index in [4.69, 9.17) is 0 Å². The van der Waals surface area contributed by atoms with Crippen LogP contribution in [0.15, 0.2) is 42.5 Å². The zero-order valence-electron chi connectivity index (χ0n) is 10.3. The fourth-order valence-corrected chi connectivity index (χ4v) is 1.57. The van der Waals surface area contributed by atoms with E-state index in [2.05, 4.69) is 10.6 Å². The molecule has 0 unspecified atom stereocenters. The van der Waals surface area contributed by atoms with Crippen molar-refractivity contribution >= 4 is 17.3 Å². The normalized spacial score (nSPS) is 10.2. The van der Waals surface area contributed by atoms with Crippen molar-refractivity contribution < 1.29 is 18.0 Å². The first-order valence-electron chi connectivity index (χ1n) is 5.79. The number of hydrogen-bond acceptors (Lipinski definition) is 2. The van der Waals surface area contributed by atoms with Gasteiger partial charge in [0.25, 0.3) is 0 Å². The molecular formula is C14H11F3N2O. The van der Waals surface area contributed by atoms with E-state index < -0.39 is 17.5 Å². The lowest BCUT2D eigenvalue weighted by Crippen LogP contribution is -2.21. The number of amides is 1. The maximum Gasteiger partial charge on any atom is 0.243 e. The number of benzene rings is 2. The van der Waals surface area contributed by atoms with Crippen molar-refractivity contribution in [1.82, 2.24) is 0 Å². The minimum Gasteiger partial charge on any atom is -0.376 e. The molecule has 0 spiro atoms. The van der Waals surface area contributed by atoms with Crippen molar-refractivity contribution in [2.24, 2.45) is 0 Å². The highest BCUT2D eigenvalue weighted by Crippen LogP contribution is 2.17. The molecule has 0 fully saturated rings. The van der Waals surface area contributed by atoms with Crippen LogP contribution in [0.3, 0.4) is 0 Å². The van der Waals surface area contributed by atoms with Crippen molar-refractivity contribution in [3.8, 4) is 0 Å². The van der Waals surface area contributed by atoms with Gasteiger partial charge in [0.1, 0.15) is 0 Å². The van der Waals surface area contributed by atoms with E-state index in [-0.39, 0.29) is 18.1 Å². The van der Waals surface area contributed by atoms with Crippen LogP contribution in [0.2, 0.25) is 0 Å². The van der Waals surface area contributed by atoms with Gasteiger partial charge in [0.15, 0.2) is 17.5 Å². The fraction of sp³-hybridized carbons (Fsp3) is 0.0714. The maximum absolute atomic E-state index is 13.0. The summed E-state index contributed by atoms with van der Waals surface area (Å²) in [6, 6.07) is 10.3. The van der Waals surface area contributed by atoms with Crippen LogP contribution in [0.25, 0.3) is 0 Å². The molecule has 0 aliphatic rings. The summed E-state index contributed by atoms with van der Waals surface area (Å²) < 4.78 is 38.7. The molecule has 0 radical (unpaired) electrons. The molecule has 104 valence electrons. The molecule has 0 aromatic heterocycles. The van der Waals surface area contributed by atoms with Crippen LogP contribution >= 0.6 is 0 Å². The minimum absolute atomic E-state index is 0.00962. The molecule has 2 rings (SSSR count). The summed E-state index contributed by atoms with van der Waals surface area (Å²) in [5.74, 6) is -4.54. The largest absolute Gasteiger partial charge is 0.376 e. The summed E-state index contributed by atoms with van der Waals surface area (Å²) in [4.78, 5) is 11.6. The van der Waals surface area contributed by atoms with Crippen molar-refractivity contribution in [2.75, 3.05) is 17.2 Å². The van der Waals surface area contributed by atoms with Gasteiger partial charge in [-0.1, -0.05) is 18.2 Å². The lowest BCUT2D eigenvalue weighted by Gasteiger charge is -2.08. The molecule has 1 amide bonds. The van der Waals surface area contributed by atoms with E-state index in [0.717, 1.165) is 12.1 Å². The van der Waals surface area contributed by atoms with Gasteiger partial charge in [0, 0.05) is 23.5 Å². The number of carbonyl (C=O) groups is 1. The smallest absolute Gasteiger partial charge is 0.243 e. The average molecular weight is 280 g/mol. The van der Waals surface area contributed by atoms with Crippen molar-refractivity contribution in [1.29, 1.82) is 0 Å². The third kappa shape index (κ3) is 3.50. The summed E-state index contributed by atoms with van der Waals surface area (Å²) in [6.07, 6.45) is 0. The van der Waals surface area contributed by atoms with E-state index in [9.17, 15) is 18.0 Å². The Morgan fingerprint density at radius 2 is 1.55 bits per heavy atom. The van der Waals surface area contributed by atoms with Crippen molar-refractivity contribution in [2.45, 2.75) is 0 Å². The quantitative estimate of drug-likeness (QED) is 0.845. The van der Waals surface area contributed by atoms with Crippen LogP contribution in [-0.4, -0.2) is 12.5 Å². The molecule has 0 saturated heterocycles. The highest BCUT2D eigenvalue weighted by Gasteiger charge is 2.11. The van der Waals surface area contributed by atoms with Gasteiger partial charge in [-0.25, -0.2) is 13.2 Å². The SMILES string of the molecule is O=C(CNc1cc(F)c(F)c(F)c1)Nc1ccccc1. The molecule has 0 aliphatic heterocycles. The van der Waals surface area contributed by atoms with Gasteiger partial charge in [-0.05, 0) is 12.1 Å². The Morgan fingerprint density at radius 1 is 0.950 bits per heavy atom. The number of para-hydroxylation sites is 1. The first-order valence-corrected chi connectivity index (χ1v) is 5.79. The standard InChI is InChI=1S/C14H11F3N2O/c15-11-6-10(7-12(16)14(11)17)18-8-13(20)19-9-4-2-1-3-5-9/h1-7,18H,8H2,(H,19,20). The summed E-state index contributed by atoms with van der Waals surface area (Å²) in [6.45, 7) is -0.195. The van der Waals surface area contributed by atoms with Crippen LogP contribution in [0, 0.1) is 17.5 Å². The van der Waals surface area contributed by atoms with E-state index in [1.54, 1.807) is 30.3 Å². The monoisotopic (exact) mass is 280 g/mol. The first-order chi connectivity index (χ1) is 9.56. The topological polar surface area (TPSA) is 41.1 Å². The lowest BCUT2D eigenvalue weighted by atomic mass is 10.3. The van der Waals surface area contributed by atoms with Gasteiger partial charge in [-0.2, -0.15) is 0 Å². The van der Waals surface area contributed by atoms with Crippen LogP contribution in [-0.2, 0) is 4.79 Å². The molecule has 0 atom stereocenters. The molecular weight excluding hydrogens is 269 g/mol. The van der Waals surface area contributed by atoms with Gasteiger partial charge in [-0.15, -0.1) is 0 Å². The average Bonchev–Trinajstić information content (AvgIpc) is 2.43. The first kappa shape index (κ1) is 13.9. The second-order valence-electron chi connectivity index (χ2n) is 4.02. The Hall–Kier alpha value is -2.50. The third-order valence-electron chi connectivity index (χ3n) is 2.49. The second kappa shape index (κ2) is 6.10. The Labute approximate surface area is 113 Å². The van der Waals surface area contributed by atoms with Crippen molar-refractivity contribution in [3.05, 3.63) is 59.9 Å². The number of hydrogen-bond donors (Lipinski definition) is 2. The molecule has 20 heavy (non-hydrogen) atoms. The van der Waals surface area contributed by atoms with E-state index in [1.807, 2.05) is 0 Å². The predicted molar refractivity (Wildman–Crippen MR) is 69.9 cm³/mol. The Balaban J connectivity index is 1.94. The van der Waals surface area contributed by atoms with Gasteiger partial charge in [0.05, 0.1) is 6.54 Å². The summed E-state index contributed by atoms with van der Waals surface area (Å²) >= 11 is 0. The molecule has 0 bridgehead atoms. The zero-order chi connectivity index (χ0) is 14.5. The Bertz CT molecular complexity index is 594. The summed E-state index contributed by atoms with van der Waals surface area (Å²) in [5.41, 5.74) is 0.598. The van der Waals surface area contributed by atoms with Gasteiger partial charge in [0.2, 0.25) is 5.91 Å².